The Morgan fingerprint density at radius 2 is 1.74 bits per heavy atom. The van der Waals surface area contributed by atoms with Gasteiger partial charge in [0.25, 0.3) is 0 Å². The lowest BCUT2D eigenvalue weighted by atomic mass is 10.1. The standard InChI is InChI=1S/C17H24N2/c1-3-5-11-18-16-13-17(19-12-6-4-2)15-10-8-7-9-14(15)16/h7-10,13,18H,3-6,11-12H2,1-2H3/p+1. The number of fused-ring (bicyclic) bond motifs is 1. The smallest absolute Gasteiger partial charge is 0.208 e. The molecule has 0 bridgehead atoms. The van der Waals surface area contributed by atoms with Crippen molar-refractivity contribution in [3.63, 3.8) is 0 Å². The van der Waals surface area contributed by atoms with E-state index in [4.69, 9.17) is 0 Å². The highest BCUT2D eigenvalue weighted by Crippen LogP contribution is 2.23. The number of benzene rings is 1. The highest BCUT2D eigenvalue weighted by Gasteiger charge is 2.22. The van der Waals surface area contributed by atoms with Crippen molar-refractivity contribution >= 4 is 11.4 Å². The second-order valence-corrected chi connectivity index (χ2v) is 5.08. The van der Waals surface area contributed by atoms with E-state index in [-0.39, 0.29) is 0 Å². The van der Waals surface area contributed by atoms with Gasteiger partial charge in [0.1, 0.15) is 6.54 Å². The van der Waals surface area contributed by atoms with E-state index < -0.39 is 0 Å². The number of hydrogen-bond acceptors (Lipinski definition) is 1. The maximum Gasteiger partial charge on any atom is 0.208 e. The summed E-state index contributed by atoms with van der Waals surface area (Å²) in [5.41, 5.74) is 5.20. The Bertz CT molecular complexity index is 472. The van der Waals surface area contributed by atoms with Crippen molar-refractivity contribution in [3.05, 3.63) is 41.5 Å². The van der Waals surface area contributed by atoms with Gasteiger partial charge >= 0.3 is 0 Å². The first-order valence-electron chi connectivity index (χ1n) is 7.53. The predicted octanol–water partition coefficient (Wildman–Crippen LogP) is 2.10. The molecule has 19 heavy (non-hydrogen) atoms. The number of rotatable bonds is 7. The van der Waals surface area contributed by atoms with E-state index in [1.807, 2.05) is 0 Å². The van der Waals surface area contributed by atoms with Crippen LogP contribution in [0.5, 0.6) is 0 Å². The van der Waals surface area contributed by atoms with Crippen molar-refractivity contribution in [2.24, 2.45) is 0 Å². The Labute approximate surface area is 116 Å². The summed E-state index contributed by atoms with van der Waals surface area (Å²) in [6.45, 7) is 6.56. The lowest BCUT2D eigenvalue weighted by molar-refractivity contribution is -0.456. The van der Waals surface area contributed by atoms with Gasteiger partial charge in [-0.05, 0) is 12.5 Å². The average Bonchev–Trinajstić information content (AvgIpc) is 2.79. The summed E-state index contributed by atoms with van der Waals surface area (Å²) in [7, 11) is 0. The van der Waals surface area contributed by atoms with Gasteiger partial charge in [-0.1, -0.05) is 44.9 Å². The van der Waals surface area contributed by atoms with Gasteiger partial charge in [-0.2, -0.15) is 0 Å². The zero-order valence-electron chi connectivity index (χ0n) is 12.1. The first-order chi connectivity index (χ1) is 9.36. The maximum atomic E-state index is 3.56. The first-order valence-corrected chi connectivity index (χ1v) is 7.53. The molecule has 2 nitrogen and oxygen atoms in total. The largest absolute Gasteiger partial charge is 0.384 e. The van der Waals surface area contributed by atoms with Crippen LogP contribution in [0.1, 0.15) is 50.7 Å². The topological polar surface area (TPSA) is 26.0 Å². The van der Waals surface area contributed by atoms with Crippen LogP contribution in [0.3, 0.4) is 0 Å². The fourth-order valence-corrected chi connectivity index (χ4v) is 2.34. The second kappa shape index (κ2) is 7.13. The van der Waals surface area contributed by atoms with Crippen LogP contribution in [0, 0.1) is 0 Å². The minimum absolute atomic E-state index is 1.05. The van der Waals surface area contributed by atoms with Gasteiger partial charge < -0.3 is 5.32 Å². The summed E-state index contributed by atoms with van der Waals surface area (Å²) in [6, 6.07) is 8.63. The SMILES string of the molecule is CCCCNC1=CC(=[NH+]CCCC)c2ccccc21. The molecule has 0 radical (unpaired) electrons. The summed E-state index contributed by atoms with van der Waals surface area (Å²) in [4.78, 5) is 3.56. The second-order valence-electron chi connectivity index (χ2n) is 5.08. The van der Waals surface area contributed by atoms with Gasteiger partial charge in [-0.25, -0.2) is 4.99 Å². The maximum absolute atomic E-state index is 3.56. The van der Waals surface area contributed by atoms with Crippen LogP contribution in [0.4, 0.5) is 0 Å². The molecule has 0 amide bonds. The Hall–Kier alpha value is -1.57. The number of hydrogen-bond donors (Lipinski definition) is 2. The van der Waals surface area contributed by atoms with Crippen molar-refractivity contribution in [2.75, 3.05) is 13.1 Å². The van der Waals surface area contributed by atoms with Gasteiger partial charge in [0.15, 0.2) is 0 Å². The molecular formula is C17H25N2+. The van der Waals surface area contributed by atoms with E-state index in [9.17, 15) is 0 Å². The van der Waals surface area contributed by atoms with Gasteiger partial charge in [0.2, 0.25) is 5.71 Å². The van der Waals surface area contributed by atoms with Crippen LogP contribution in [-0.4, -0.2) is 18.8 Å². The van der Waals surface area contributed by atoms with Crippen LogP contribution in [0.15, 0.2) is 30.3 Å². The minimum Gasteiger partial charge on any atom is -0.384 e. The summed E-state index contributed by atoms with van der Waals surface area (Å²) in [5, 5.41) is 3.56. The minimum atomic E-state index is 1.05. The first kappa shape index (κ1) is 13.9. The molecule has 0 aromatic heterocycles. The number of nitrogens with one attached hydrogen (secondary N) is 2. The third-order valence-electron chi connectivity index (χ3n) is 3.49. The number of allylic oxidation sites excluding steroid dienone is 1. The predicted molar refractivity (Wildman–Crippen MR) is 82.2 cm³/mol. The molecule has 0 saturated heterocycles. The van der Waals surface area contributed by atoms with Crippen LogP contribution >= 0.6 is 0 Å². The van der Waals surface area contributed by atoms with Crippen molar-refractivity contribution in [1.29, 1.82) is 0 Å². The third-order valence-corrected chi connectivity index (χ3v) is 3.49. The van der Waals surface area contributed by atoms with Gasteiger partial charge in [-0.15, -0.1) is 0 Å². The lowest BCUT2D eigenvalue weighted by Gasteiger charge is -2.07. The van der Waals surface area contributed by atoms with Crippen molar-refractivity contribution in [1.82, 2.24) is 5.32 Å². The van der Waals surface area contributed by atoms with Gasteiger partial charge in [-0.3, -0.25) is 0 Å². The molecule has 0 unspecified atom stereocenters. The molecule has 0 atom stereocenters. The van der Waals surface area contributed by atoms with E-state index in [1.165, 1.54) is 48.2 Å². The molecule has 0 saturated carbocycles. The highest BCUT2D eigenvalue weighted by molar-refractivity contribution is 6.16. The van der Waals surface area contributed by atoms with E-state index in [1.54, 1.807) is 0 Å². The average molecular weight is 257 g/mol. The molecule has 0 heterocycles. The van der Waals surface area contributed by atoms with Gasteiger partial charge in [0.05, 0.1) is 5.56 Å². The molecule has 1 aliphatic rings. The molecule has 102 valence electrons. The van der Waals surface area contributed by atoms with Crippen LogP contribution < -0.4 is 10.3 Å². The number of unbranched alkanes of at least 4 members (excludes halogenated alkanes) is 2. The third kappa shape index (κ3) is 3.46. The summed E-state index contributed by atoms with van der Waals surface area (Å²) in [5.74, 6) is 0. The molecule has 1 aromatic rings. The lowest BCUT2D eigenvalue weighted by Crippen LogP contribution is -2.72. The molecule has 0 spiro atoms. The zero-order chi connectivity index (χ0) is 13.5. The molecule has 1 aromatic carbocycles. The van der Waals surface area contributed by atoms with Crippen molar-refractivity contribution in [2.45, 2.75) is 39.5 Å². The summed E-state index contributed by atoms with van der Waals surface area (Å²) >= 11 is 0. The van der Waals surface area contributed by atoms with E-state index in [0.29, 0.717) is 0 Å². The highest BCUT2D eigenvalue weighted by atomic mass is 14.9. The van der Waals surface area contributed by atoms with Crippen molar-refractivity contribution in [3.8, 4) is 0 Å². The molecule has 0 aliphatic heterocycles. The van der Waals surface area contributed by atoms with E-state index in [0.717, 1.165) is 13.1 Å². The quantitative estimate of drug-likeness (QED) is 0.719. The fourth-order valence-electron chi connectivity index (χ4n) is 2.34. The molecule has 1 aliphatic carbocycles. The zero-order valence-corrected chi connectivity index (χ0v) is 12.1. The Morgan fingerprint density at radius 1 is 1.00 bits per heavy atom. The van der Waals surface area contributed by atoms with Gasteiger partial charge in [0, 0.05) is 30.3 Å². The molecule has 2 rings (SSSR count). The Morgan fingerprint density at radius 3 is 2.47 bits per heavy atom. The monoisotopic (exact) mass is 257 g/mol. The normalized spacial score (nSPS) is 15.5. The molecular weight excluding hydrogens is 232 g/mol. The van der Waals surface area contributed by atoms with Crippen molar-refractivity contribution < 1.29 is 4.99 Å². The van der Waals surface area contributed by atoms with E-state index >= 15 is 0 Å². The van der Waals surface area contributed by atoms with E-state index in [2.05, 4.69) is 54.5 Å². The summed E-state index contributed by atoms with van der Waals surface area (Å²) < 4.78 is 0. The molecule has 2 N–H and O–H groups in total. The van der Waals surface area contributed by atoms with Crippen LogP contribution in [0.2, 0.25) is 0 Å². The molecule has 0 fully saturated rings. The van der Waals surface area contributed by atoms with Crippen LogP contribution in [0.25, 0.3) is 5.70 Å². The Balaban J connectivity index is 2.14. The molecule has 2 heteroatoms. The van der Waals surface area contributed by atoms with Crippen LogP contribution in [-0.2, 0) is 0 Å². The summed E-state index contributed by atoms with van der Waals surface area (Å²) in [6.07, 6.45) is 7.16. The Kier molecular flexibility index (Phi) is 5.20. The fraction of sp³-hybridized carbons (Fsp3) is 0.471.